The van der Waals surface area contributed by atoms with E-state index in [0.29, 0.717) is 27.5 Å². The maximum absolute atomic E-state index is 11.8. The van der Waals surface area contributed by atoms with E-state index in [1.807, 2.05) is 68.3 Å². The van der Waals surface area contributed by atoms with Gasteiger partial charge in [-0.25, -0.2) is 0 Å². The molecule has 1 unspecified atom stereocenters. The van der Waals surface area contributed by atoms with Gasteiger partial charge in [-0.05, 0) is 43.2 Å². The minimum atomic E-state index is -5.18. The molecule has 4 rings (SSSR count). The van der Waals surface area contributed by atoms with Crippen molar-refractivity contribution >= 4 is 65.9 Å². The Morgan fingerprint density at radius 1 is 1.00 bits per heavy atom. The van der Waals surface area contributed by atoms with Gasteiger partial charge in [-0.2, -0.15) is 0 Å². The number of aryl methyl sites for hydroxylation is 2. The number of halogens is 1. The summed E-state index contributed by atoms with van der Waals surface area (Å²) in [6.07, 6.45) is 0. The molecule has 0 aliphatic carbocycles. The molecule has 33 heavy (non-hydrogen) atoms. The molecule has 0 saturated heterocycles. The van der Waals surface area contributed by atoms with Gasteiger partial charge in [0, 0.05) is 58.4 Å². The minimum Gasteiger partial charge on any atom is -0.746 e. The third kappa shape index (κ3) is 6.09. The summed E-state index contributed by atoms with van der Waals surface area (Å²) < 4.78 is 22.9. The number of phosphoric acid groups is 1. The van der Waals surface area contributed by atoms with Gasteiger partial charge in [0.15, 0.2) is 0 Å². The van der Waals surface area contributed by atoms with Crippen molar-refractivity contribution in [3.05, 3.63) is 93.9 Å². The predicted molar refractivity (Wildman–Crippen MR) is 125 cm³/mol. The van der Waals surface area contributed by atoms with Crippen LogP contribution in [0.15, 0.2) is 66.6 Å². The molecule has 1 heterocycles. The molecule has 161 valence electrons. The van der Waals surface area contributed by atoms with Crippen LogP contribution in [0.25, 0.3) is 5.57 Å². The third-order valence-electron chi connectivity index (χ3n) is 5.13. The van der Waals surface area contributed by atoms with Crippen LogP contribution in [-0.4, -0.2) is 41.5 Å². The molecule has 0 spiro atoms. The summed E-state index contributed by atoms with van der Waals surface area (Å²) in [7, 11) is -3.29. The van der Waals surface area contributed by atoms with E-state index in [-0.39, 0.29) is 65.1 Å². The SMILES string of the molecule is Cc1cccc(C)c1O/C(OP(=O)([O-])O)=C1/c2ccccc2N(C)c2cc(Cl)ccc21.[Na+].[Na]. The number of para-hydroxylation sites is 2. The summed E-state index contributed by atoms with van der Waals surface area (Å²) >= 11 is 6.23. The maximum Gasteiger partial charge on any atom is 1.00 e. The molecule has 1 N–H and O–H groups in total. The third-order valence-corrected chi connectivity index (χ3v) is 5.76. The van der Waals surface area contributed by atoms with E-state index >= 15 is 0 Å². The van der Waals surface area contributed by atoms with E-state index in [0.717, 1.165) is 22.5 Å². The molecule has 3 aromatic carbocycles. The van der Waals surface area contributed by atoms with Gasteiger partial charge < -0.3 is 23.9 Å². The van der Waals surface area contributed by atoms with Crippen molar-refractivity contribution < 1.29 is 53.2 Å². The average molecular weight is 503 g/mol. The normalized spacial score (nSPS) is 15.2. The topological polar surface area (TPSA) is 82.1 Å². The van der Waals surface area contributed by atoms with Gasteiger partial charge >= 0.3 is 37.4 Å². The molecule has 1 radical (unpaired) electrons. The number of rotatable bonds is 4. The molecular formula is C23H20ClNNa2O5P. The Morgan fingerprint density at radius 3 is 2.24 bits per heavy atom. The molecule has 0 aromatic heterocycles. The van der Waals surface area contributed by atoms with Crippen LogP contribution in [0.3, 0.4) is 0 Å². The number of benzene rings is 3. The van der Waals surface area contributed by atoms with Gasteiger partial charge in [0.1, 0.15) is 5.75 Å². The van der Waals surface area contributed by atoms with E-state index in [4.69, 9.17) is 20.9 Å². The Balaban J connectivity index is 0.00000193. The molecule has 3 aromatic rings. The number of hydrogen-bond donors (Lipinski definition) is 1. The predicted octanol–water partition coefficient (Wildman–Crippen LogP) is 1.93. The molecule has 6 nitrogen and oxygen atoms in total. The molecule has 1 aliphatic heterocycles. The van der Waals surface area contributed by atoms with Crippen molar-refractivity contribution in [3.63, 3.8) is 0 Å². The zero-order valence-corrected chi connectivity index (χ0v) is 24.8. The largest absolute Gasteiger partial charge is 1.00 e. The second-order valence-electron chi connectivity index (χ2n) is 7.28. The Hall–Kier alpha value is -0.760. The number of anilines is 2. The van der Waals surface area contributed by atoms with Crippen molar-refractivity contribution in [1.29, 1.82) is 0 Å². The van der Waals surface area contributed by atoms with Crippen molar-refractivity contribution in [1.82, 2.24) is 0 Å². The van der Waals surface area contributed by atoms with Crippen molar-refractivity contribution in [2.24, 2.45) is 0 Å². The Bertz CT molecular complexity index is 1240. The van der Waals surface area contributed by atoms with Gasteiger partial charge in [-0.15, -0.1) is 0 Å². The standard InChI is InChI=1S/C23H21ClNO5P.2Na/c1-14-7-6-8-15(2)22(14)29-23(30-31(26,27)28)21-17-9-4-5-10-19(17)25(3)20-13-16(24)11-12-18(20)21;;/h4-13H,1-3H3,(H2,26,27,28);;/q;;+1/p-1/b23-21+;;. The van der Waals surface area contributed by atoms with Crippen LogP contribution in [0.2, 0.25) is 5.02 Å². The van der Waals surface area contributed by atoms with Crippen LogP contribution >= 0.6 is 19.4 Å². The van der Waals surface area contributed by atoms with Crippen LogP contribution < -0.4 is 44.1 Å². The number of hydrogen-bond acceptors (Lipinski definition) is 5. The summed E-state index contributed by atoms with van der Waals surface area (Å²) in [6.45, 7) is 3.69. The quantitative estimate of drug-likeness (QED) is 0.334. The molecule has 1 aliphatic rings. The number of ether oxygens (including phenoxy) is 1. The van der Waals surface area contributed by atoms with Crippen LogP contribution in [0.1, 0.15) is 22.3 Å². The molecule has 0 saturated carbocycles. The van der Waals surface area contributed by atoms with Crippen LogP contribution in [0.5, 0.6) is 5.75 Å². The van der Waals surface area contributed by atoms with Gasteiger partial charge in [0.05, 0.1) is 11.3 Å². The van der Waals surface area contributed by atoms with Crippen molar-refractivity contribution in [2.45, 2.75) is 13.8 Å². The van der Waals surface area contributed by atoms with Crippen molar-refractivity contribution in [2.75, 3.05) is 11.9 Å². The molecule has 0 amide bonds. The van der Waals surface area contributed by atoms with Gasteiger partial charge in [0.2, 0.25) is 0 Å². The monoisotopic (exact) mass is 502 g/mol. The van der Waals surface area contributed by atoms with E-state index in [2.05, 4.69) is 0 Å². The van der Waals surface area contributed by atoms with Crippen LogP contribution in [-0.2, 0) is 9.09 Å². The maximum atomic E-state index is 11.8. The number of nitrogens with zero attached hydrogens (tertiary/aromatic N) is 1. The van der Waals surface area contributed by atoms with E-state index in [1.54, 1.807) is 18.2 Å². The number of fused-ring (bicyclic) bond motifs is 2. The van der Waals surface area contributed by atoms with Crippen molar-refractivity contribution in [3.8, 4) is 5.75 Å². The first kappa shape index (κ1) is 28.5. The zero-order valence-electron chi connectivity index (χ0n) is 19.1. The Kier molecular flexibility index (Phi) is 9.77. The summed E-state index contributed by atoms with van der Waals surface area (Å²) in [4.78, 5) is 23.3. The molecule has 0 bridgehead atoms. The first-order valence-electron chi connectivity index (χ1n) is 9.50. The second kappa shape index (κ2) is 11.3. The summed E-state index contributed by atoms with van der Waals surface area (Å²) in [5, 5.41) is 0.527. The van der Waals surface area contributed by atoms with Crippen LogP contribution in [0.4, 0.5) is 11.4 Å². The summed E-state index contributed by atoms with van der Waals surface area (Å²) in [5.74, 6) is 0.118. The molecular weight excluding hydrogens is 483 g/mol. The average Bonchev–Trinajstić information content (AvgIpc) is 2.70. The fourth-order valence-corrected chi connectivity index (χ4v) is 4.24. The van der Waals surface area contributed by atoms with E-state index in [1.165, 1.54) is 0 Å². The molecule has 10 heteroatoms. The summed E-state index contributed by atoms with van der Waals surface area (Å²) in [5.41, 5.74) is 4.86. The van der Waals surface area contributed by atoms with E-state index < -0.39 is 7.82 Å². The number of phosphoric ester groups is 1. The van der Waals surface area contributed by atoms with Gasteiger partial charge in [-0.1, -0.05) is 54.1 Å². The van der Waals surface area contributed by atoms with Crippen LogP contribution in [0, 0.1) is 13.8 Å². The smallest absolute Gasteiger partial charge is 0.746 e. The Labute approximate surface area is 242 Å². The second-order valence-corrected chi connectivity index (χ2v) is 8.84. The Morgan fingerprint density at radius 2 is 1.61 bits per heavy atom. The van der Waals surface area contributed by atoms with Gasteiger partial charge in [-0.3, -0.25) is 4.57 Å². The van der Waals surface area contributed by atoms with Gasteiger partial charge in [0.25, 0.3) is 5.95 Å². The van der Waals surface area contributed by atoms with E-state index in [9.17, 15) is 14.4 Å². The zero-order chi connectivity index (χ0) is 22.3. The first-order valence-corrected chi connectivity index (χ1v) is 11.4. The molecule has 0 fully saturated rings. The fraction of sp³-hybridized carbons (Fsp3) is 0.130. The molecule has 1 atom stereocenters. The summed E-state index contributed by atoms with van der Waals surface area (Å²) in [6, 6.07) is 18.2. The first-order chi connectivity index (χ1) is 14.7. The minimum absolute atomic E-state index is 0. The fourth-order valence-electron chi connectivity index (χ4n) is 3.74.